The monoisotopic (exact) mass is 387 g/mol. The molecule has 0 radical (unpaired) electrons. The lowest BCUT2D eigenvalue weighted by Gasteiger charge is -2.29. The quantitative estimate of drug-likeness (QED) is 0.414. The van der Waals surface area contributed by atoms with Crippen LogP contribution >= 0.6 is 19.4 Å². The first kappa shape index (κ1) is 17.8. The minimum Gasteiger partial charge on any atom is -0.404 e. The number of non-ortho nitro benzene ring substituents is 1. The number of nitrogens with zero attached hydrogens (tertiary/aromatic N) is 1. The number of hydrogen-bond donors (Lipinski definition) is 0. The van der Waals surface area contributed by atoms with Crippen molar-refractivity contribution in [3.8, 4) is 5.75 Å². The molecular formula is C15H12ClFNO6P. The van der Waals surface area contributed by atoms with Crippen LogP contribution in [0.1, 0.15) is 18.1 Å². The molecule has 0 N–H and O–H groups in total. The summed E-state index contributed by atoms with van der Waals surface area (Å²) >= 11 is 6.05. The van der Waals surface area contributed by atoms with Gasteiger partial charge in [0.05, 0.1) is 17.6 Å². The second-order valence-electron chi connectivity index (χ2n) is 5.17. The number of nitro groups is 1. The molecule has 1 saturated heterocycles. The van der Waals surface area contributed by atoms with Crippen molar-refractivity contribution in [2.75, 3.05) is 6.61 Å². The molecule has 0 aliphatic carbocycles. The van der Waals surface area contributed by atoms with E-state index in [-0.39, 0.29) is 23.1 Å². The summed E-state index contributed by atoms with van der Waals surface area (Å²) in [5, 5.41) is 10.9. The molecule has 1 fully saturated rings. The largest absolute Gasteiger partial charge is 0.530 e. The van der Waals surface area contributed by atoms with Crippen LogP contribution in [-0.4, -0.2) is 11.5 Å². The van der Waals surface area contributed by atoms with Crippen molar-refractivity contribution in [2.45, 2.75) is 12.5 Å². The number of phosphoric ester groups is 1. The average Bonchev–Trinajstić information content (AvgIpc) is 2.57. The van der Waals surface area contributed by atoms with E-state index in [2.05, 4.69) is 0 Å². The first-order valence-corrected chi connectivity index (χ1v) is 9.02. The van der Waals surface area contributed by atoms with Crippen LogP contribution in [0.15, 0.2) is 42.5 Å². The zero-order valence-corrected chi connectivity index (χ0v) is 14.3. The van der Waals surface area contributed by atoms with Gasteiger partial charge in [0.2, 0.25) is 0 Å². The van der Waals surface area contributed by atoms with Crippen LogP contribution in [0.25, 0.3) is 0 Å². The topological polar surface area (TPSA) is 87.9 Å². The smallest absolute Gasteiger partial charge is 0.404 e. The van der Waals surface area contributed by atoms with E-state index in [0.717, 1.165) is 0 Å². The summed E-state index contributed by atoms with van der Waals surface area (Å²) in [6, 6.07) is 8.76. The second kappa shape index (κ2) is 7.09. The van der Waals surface area contributed by atoms with Crippen molar-refractivity contribution in [1.82, 2.24) is 0 Å². The van der Waals surface area contributed by atoms with Gasteiger partial charge in [0.15, 0.2) is 0 Å². The van der Waals surface area contributed by atoms with E-state index < -0.39 is 24.7 Å². The highest BCUT2D eigenvalue weighted by molar-refractivity contribution is 7.49. The molecule has 0 bridgehead atoms. The van der Waals surface area contributed by atoms with Crippen LogP contribution in [0.3, 0.4) is 0 Å². The fraction of sp³-hybridized carbons (Fsp3) is 0.200. The molecule has 25 heavy (non-hydrogen) atoms. The van der Waals surface area contributed by atoms with Crippen LogP contribution in [0.5, 0.6) is 5.75 Å². The molecule has 7 nitrogen and oxygen atoms in total. The SMILES string of the molecule is O=[N+]([O-])c1ccc(OP2(=O)OCC[C@H](c3cc(F)ccc3Cl)O2)cc1. The number of halogens is 2. The Morgan fingerprint density at radius 2 is 2.00 bits per heavy atom. The molecule has 132 valence electrons. The minimum absolute atomic E-state index is 0.0573. The van der Waals surface area contributed by atoms with Gasteiger partial charge in [-0.05, 0) is 30.3 Å². The highest BCUT2D eigenvalue weighted by Gasteiger charge is 2.38. The molecule has 0 amide bonds. The van der Waals surface area contributed by atoms with Gasteiger partial charge in [0.25, 0.3) is 5.69 Å². The van der Waals surface area contributed by atoms with E-state index in [9.17, 15) is 19.1 Å². The fourth-order valence-corrected chi connectivity index (χ4v) is 3.93. The summed E-state index contributed by atoms with van der Waals surface area (Å²) in [7, 11) is -3.98. The van der Waals surface area contributed by atoms with E-state index in [1.165, 1.54) is 42.5 Å². The van der Waals surface area contributed by atoms with Crippen molar-refractivity contribution >= 4 is 25.1 Å². The van der Waals surface area contributed by atoms with Gasteiger partial charge >= 0.3 is 7.82 Å². The lowest BCUT2D eigenvalue weighted by molar-refractivity contribution is -0.384. The Morgan fingerprint density at radius 3 is 2.68 bits per heavy atom. The highest BCUT2D eigenvalue weighted by atomic mass is 35.5. The Kier molecular flexibility index (Phi) is 5.06. The lowest BCUT2D eigenvalue weighted by Crippen LogP contribution is -2.17. The number of phosphoric acid groups is 1. The van der Waals surface area contributed by atoms with Crippen LogP contribution in [0.4, 0.5) is 10.1 Å². The maximum absolute atomic E-state index is 13.4. The predicted molar refractivity (Wildman–Crippen MR) is 87.1 cm³/mol. The zero-order chi connectivity index (χ0) is 18.0. The van der Waals surface area contributed by atoms with Crippen molar-refractivity contribution in [2.24, 2.45) is 0 Å². The molecule has 3 rings (SSSR count). The summed E-state index contributed by atoms with van der Waals surface area (Å²) in [6.07, 6.45) is -0.447. The normalized spacial score (nSPS) is 23.2. The Bertz CT molecular complexity index is 846. The Hall–Kier alpha value is -1.99. The van der Waals surface area contributed by atoms with Crippen molar-refractivity contribution in [1.29, 1.82) is 0 Å². The molecular weight excluding hydrogens is 376 g/mol. The third-order valence-electron chi connectivity index (χ3n) is 3.46. The predicted octanol–water partition coefficient (Wildman–Crippen LogP) is 5.05. The summed E-state index contributed by atoms with van der Waals surface area (Å²) in [4.78, 5) is 10.1. The minimum atomic E-state index is -3.98. The molecule has 1 heterocycles. The molecule has 10 heteroatoms. The van der Waals surface area contributed by atoms with Crippen LogP contribution in [0, 0.1) is 15.9 Å². The number of nitro benzene ring substituents is 1. The van der Waals surface area contributed by atoms with Gasteiger partial charge in [0.1, 0.15) is 11.6 Å². The van der Waals surface area contributed by atoms with Gasteiger partial charge in [-0.3, -0.25) is 19.2 Å². The van der Waals surface area contributed by atoms with Crippen molar-refractivity contribution in [3.63, 3.8) is 0 Å². The highest BCUT2D eigenvalue weighted by Crippen LogP contribution is 2.57. The summed E-state index contributed by atoms with van der Waals surface area (Å²) in [5.74, 6) is -0.416. The van der Waals surface area contributed by atoms with Crippen molar-refractivity contribution < 1.29 is 27.5 Å². The van der Waals surface area contributed by atoms with Gasteiger partial charge in [-0.1, -0.05) is 11.6 Å². The Morgan fingerprint density at radius 1 is 1.28 bits per heavy atom. The molecule has 0 aromatic heterocycles. The third kappa shape index (κ3) is 4.16. The molecule has 2 aromatic carbocycles. The van der Waals surface area contributed by atoms with Gasteiger partial charge in [-0.2, -0.15) is 0 Å². The molecule has 2 atom stereocenters. The average molecular weight is 388 g/mol. The Balaban J connectivity index is 1.78. The summed E-state index contributed by atoms with van der Waals surface area (Å²) in [6.45, 7) is 0.0573. The molecule has 1 aliphatic rings. The van der Waals surface area contributed by atoms with Crippen LogP contribution in [-0.2, 0) is 13.6 Å². The first-order chi connectivity index (χ1) is 11.9. The third-order valence-corrected chi connectivity index (χ3v) is 5.25. The standard InChI is InChI=1S/C15H12ClFNO6P/c16-14-6-1-10(17)9-13(14)15-7-8-22-25(21,24-15)23-12-4-2-11(3-5-12)18(19)20/h1-6,9,15H,7-8H2/t15-,25?/m1/s1. The fourth-order valence-electron chi connectivity index (χ4n) is 2.29. The molecule has 2 aromatic rings. The van der Waals surface area contributed by atoms with Gasteiger partial charge < -0.3 is 4.52 Å². The van der Waals surface area contributed by atoms with E-state index in [0.29, 0.717) is 12.0 Å². The lowest BCUT2D eigenvalue weighted by atomic mass is 10.1. The number of rotatable bonds is 4. The summed E-state index contributed by atoms with van der Waals surface area (Å²) < 4.78 is 41.9. The van der Waals surface area contributed by atoms with Crippen LogP contribution in [0.2, 0.25) is 5.02 Å². The van der Waals surface area contributed by atoms with Crippen LogP contribution < -0.4 is 4.52 Å². The maximum atomic E-state index is 13.4. The molecule has 1 aliphatic heterocycles. The van der Waals surface area contributed by atoms with Gasteiger partial charge in [0, 0.05) is 29.1 Å². The van der Waals surface area contributed by atoms with E-state index in [4.69, 9.17) is 25.2 Å². The number of hydrogen-bond acceptors (Lipinski definition) is 6. The van der Waals surface area contributed by atoms with E-state index in [1.54, 1.807) is 0 Å². The zero-order valence-electron chi connectivity index (χ0n) is 12.6. The maximum Gasteiger partial charge on any atom is 0.530 e. The number of benzene rings is 2. The molecule has 1 unspecified atom stereocenters. The van der Waals surface area contributed by atoms with Crippen molar-refractivity contribution in [3.05, 3.63) is 69.0 Å². The molecule has 0 saturated carbocycles. The Labute approximate surface area is 147 Å². The first-order valence-electron chi connectivity index (χ1n) is 7.18. The van der Waals surface area contributed by atoms with E-state index >= 15 is 0 Å². The second-order valence-corrected chi connectivity index (χ2v) is 7.12. The van der Waals surface area contributed by atoms with Gasteiger partial charge in [-0.15, -0.1) is 0 Å². The van der Waals surface area contributed by atoms with E-state index in [1.807, 2.05) is 0 Å². The van der Waals surface area contributed by atoms with Gasteiger partial charge in [-0.25, -0.2) is 8.96 Å². The molecule has 0 spiro atoms. The summed E-state index contributed by atoms with van der Waals surface area (Å²) in [5.41, 5.74) is 0.207.